The Hall–Kier alpha value is -1.68. The number of nitrogens with zero attached hydrogens (tertiary/aromatic N) is 2. The Morgan fingerprint density at radius 3 is 2.63 bits per heavy atom. The van der Waals surface area contributed by atoms with Gasteiger partial charge in [-0.15, -0.1) is 0 Å². The molecule has 0 atom stereocenters. The SMILES string of the molecule is CCn1nc(C)c(-c2cc(F)ccc2CNC)c1C. The lowest BCUT2D eigenvalue weighted by Crippen LogP contribution is -2.07. The van der Waals surface area contributed by atoms with E-state index in [9.17, 15) is 4.39 Å². The average Bonchev–Trinajstić information content (AvgIpc) is 2.67. The van der Waals surface area contributed by atoms with E-state index >= 15 is 0 Å². The van der Waals surface area contributed by atoms with Crippen LogP contribution in [-0.4, -0.2) is 16.8 Å². The van der Waals surface area contributed by atoms with Crippen molar-refractivity contribution < 1.29 is 4.39 Å². The van der Waals surface area contributed by atoms with Crippen molar-refractivity contribution in [2.24, 2.45) is 0 Å². The van der Waals surface area contributed by atoms with Crippen molar-refractivity contribution in [3.8, 4) is 11.1 Å². The molecule has 0 fully saturated rings. The molecule has 0 radical (unpaired) electrons. The first kappa shape index (κ1) is 13.7. The minimum Gasteiger partial charge on any atom is -0.316 e. The normalized spacial score (nSPS) is 11.0. The summed E-state index contributed by atoms with van der Waals surface area (Å²) < 4.78 is 15.5. The van der Waals surface area contributed by atoms with Crippen molar-refractivity contribution in [2.45, 2.75) is 33.9 Å². The third kappa shape index (κ3) is 2.54. The lowest BCUT2D eigenvalue weighted by atomic mass is 9.98. The standard InChI is InChI=1S/C15H20FN3/c1-5-19-11(3)15(10(2)18-19)14-8-13(16)7-6-12(14)9-17-4/h6-8,17H,5,9H2,1-4H3. The molecule has 3 nitrogen and oxygen atoms in total. The predicted molar refractivity (Wildman–Crippen MR) is 75.5 cm³/mol. The summed E-state index contributed by atoms with van der Waals surface area (Å²) in [7, 11) is 1.89. The quantitative estimate of drug-likeness (QED) is 0.916. The van der Waals surface area contributed by atoms with Gasteiger partial charge in [-0.1, -0.05) is 6.07 Å². The number of rotatable bonds is 4. The largest absolute Gasteiger partial charge is 0.316 e. The second kappa shape index (κ2) is 5.53. The fourth-order valence-corrected chi connectivity index (χ4v) is 2.52. The van der Waals surface area contributed by atoms with Gasteiger partial charge in [0.05, 0.1) is 5.69 Å². The zero-order chi connectivity index (χ0) is 14.0. The molecule has 1 aromatic heterocycles. The van der Waals surface area contributed by atoms with E-state index in [2.05, 4.69) is 17.3 Å². The molecule has 0 aliphatic heterocycles. The van der Waals surface area contributed by atoms with E-state index in [0.717, 1.165) is 34.6 Å². The molecule has 0 saturated carbocycles. The molecule has 0 aliphatic carbocycles. The van der Waals surface area contributed by atoms with Crippen LogP contribution < -0.4 is 5.32 Å². The van der Waals surface area contributed by atoms with Crippen LogP contribution in [0.5, 0.6) is 0 Å². The van der Waals surface area contributed by atoms with Crippen LogP contribution in [0.2, 0.25) is 0 Å². The first-order valence-corrected chi connectivity index (χ1v) is 6.55. The number of aromatic nitrogens is 2. The van der Waals surface area contributed by atoms with Gasteiger partial charge in [-0.25, -0.2) is 4.39 Å². The zero-order valence-electron chi connectivity index (χ0n) is 11.9. The van der Waals surface area contributed by atoms with Crippen LogP contribution in [0.4, 0.5) is 4.39 Å². The molecule has 1 aromatic carbocycles. The lowest BCUT2D eigenvalue weighted by Gasteiger charge is -2.10. The van der Waals surface area contributed by atoms with E-state index in [0.29, 0.717) is 6.54 Å². The van der Waals surface area contributed by atoms with Crippen molar-refractivity contribution >= 4 is 0 Å². The molecule has 2 aromatic rings. The number of benzene rings is 1. The molecular formula is C15H20FN3. The number of aryl methyl sites for hydroxylation is 2. The van der Waals surface area contributed by atoms with Gasteiger partial charge in [-0.2, -0.15) is 5.10 Å². The molecule has 102 valence electrons. The second-order valence-corrected chi connectivity index (χ2v) is 4.69. The Balaban J connectivity index is 2.63. The van der Waals surface area contributed by atoms with Gasteiger partial charge in [0.15, 0.2) is 0 Å². The van der Waals surface area contributed by atoms with Crippen molar-refractivity contribution in [1.29, 1.82) is 0 Å². The summed E-state index contributed by atoms with van der Waals surface area (Å²) in [6, 6.07) is 4.94. The van der Waals surface area contributed by atoms with Gasteiger partial charge < -0.3 is 5.32 Å². The molecule has 19 heavy (non-hydrogen) atoms. The fourth-order valence-electron chi connectivity index (χ4n) is 2.52. The Kier molecular flexibility index (Phi) is 4.00. The molecule has 0 unspecified atom stereocenters. The summed E-state index contributed by atoms with van der Waals surface area (Å²) in [5.74, 6) is -0.210. The van der Waals surface area contributed by atoms with Crippen LogP contribution in [0.3, 0.4) is 0 Å². The van der Waals surface area contributed by atoms with Crippen molar-refractivity contribution in [2.75, 3.05) is 7.05 Å². The van der Waals surface area contributed by atoms with Crippen LogP contribution in [0.15, 0.2) is 18.2 Å². The topological polar surface area (TPSA) is 29.9 Å². The highest BCUT2D eigenvalue weighted by atomic mass is 19.1. The molecular weight excluding hydrogens is 241 g/mol. The summed E-state index contributed by atoms with van der Waals surface area (Å²) >= 11 is 0. The monoisotopic (exact) mass is 261 g/mol. The molecule has 2 rings (SSSR count). The minimum atomic E-state index is -0.210. The maximum Gasteiger partial charge on any atom is 0.123 e. The highest BCUT2D eigenvalue weighted by molar-refractivity contribution is 5.72. The summed E-state index contributed by atoms with van der Waals surface area (Å²) in [6.07, 6.45) is 0. The van der Waals surface area contributed by atoms with Gasteiger partial charge in [0.2, 0.25) is 0 Å². The second-order valence-electron chi connectivity index (χ2n) is 4.69. The first-order chi connectivity index (χ1) is 9.08. The highest BCUT2D eigenvalue weighted by Crippen LogP contribution is 2.30. The molecule has 1 N–H and O–H groups in total. The van der Waals surface area contributed by atoms with Crippen LogP contribution in [0, 0.1) is 19.7 Å². The molecule has 0 amide bonds. The van der Waals surface area contributed by atoms with Crippen molar-refractivity contribution in [1.82, 2.24) is 15.1 Å². The molecule has 0 spiro atoms. The number of hydrogen-bond donors (Lipinski definition) is 1. The van der Waals surface area contributed by atoms with E-state index in [1.165, 1.54) is 6.07 Å². The van der Waals surface area contributed by atoms with Crippen molar-refractivity contribution in [3.05, 3.63) is 41.0 Å². The predicted octanol–water partition coefficient (Wildman–Crippen LogP) is 3.05. The maximum absolute atomic E-state index is 13.6. The number of halogens is 1. The van der Waals surface area contributed by atoms with E-state index in [4.69, 9.17) is 0 Å². The van der Waals surface area contributed by atoms with Gasteiger partial charge in [0.25, 0.3) is 0 Å². The number of hydrogen-bond acceptors (Lipinski definition) is 2. The van der Waals surface area contributed by atoms with Gasteiger partial charge in [-0.3, -0.25) is 4.68 Å². The third-order valence-corrected chi connectivity index (χ3v) is 3.39. The van der Waals surface area contributed by atoms with E-state index in [-0.39, 0.29) is 5.82 Å². The molecule has 4 heteroatoms. The maximum atomic E-state index is 13.6. The van der Waals surface area contributed by atoms with Gasteiger partial charge in [0, 0.05) is 24.3 Å². The molecule has 0 bridgehead atoms. The number of nitrogens with one attached hydrogen (secondary N) is 1. The van der Waals surface area contributed by atoms with Gasteiger partial charge in [0.1, 0.15) is 5.82 Å². The average molecular weight is 261 g/mol. The molecule has 1 heterocycles. The first-order valence-electron chi connectivity index (χ1n) is 6.55. The minimum absolute atomic E-state index is 0.210. The van der Waals surface area contributed by atoms with Crippen LogP contribution in [0.1, 0.15) is 23.9 Å². The summed E-state index contributed by atoms with van der Waals surface area (Å²) in [4.78, 5) is 0. The summed E-state index contributed by atoms with van der Waals surface area (Å²) in [5, 5.41) is 7.63. The summed E-state index contributed by atoms with van der Waals surface area (Å²) in [5.41, 5.74) is 5.10. The Morgan fingerprint density at radius 1 is 1.32 bits per heavy atom. The Labute approximate surface area is 113 Å². The lowest BCUT2D eigenvalue weighted by molar-refractivity contribution is 0.626. The van der Waals surface area contributed by atoms with Crippen LogP contribution in [-0.2, 0) is 13.1 Å². The van der Waals surface area contributed by atoms with E-state index in [1.807, 2.05) is 31.6 Å². The van der Waals surface area contributed by atoms with Crippen LogP contribution >= 0.6 is 0 Å². The van der Waals surface area contributed by atoms with E-state index in [1.54, 1.807) is 6.07 Å². The summed E-state index contributed by atoms with van der Waals surface area (Å²) in [6.45, 7) is 7.61. The third-order valence-electron chi connectivity index (χ3n) is 3.39. The van der Waals surface area contributed by atoms with E-state index < -0.39 is 0 Å². The smallest absolute Gasteiger partial charge is 0.123 e. The Bertz CT molecular complexity index is 587. The van der Waals surface area contributed by atoms with Gasteiger partial charge in [-0.05, 0) is 51.1 Å². The van der Waals surface area contributed by atoms with Gasteiger partial charge >= 0.3 is 0 Å². The fraction of sp³-hybridized carbons (Fsp3) is 0.400. The van der Waals surface area contributed by atoms with Crippen molar-refractivity contribution in [3.63, 3.8) is 0 Å². The zero-order valence-corrected chi connectivity index (χ0v) is 11.9. The molecule has 0 saturated heterocycles. The Morgan fingerprint density at radius 2 is 2.05 bits per heavy atom. The molecule has 0 aliphatic rings. The highest BCUT2D eigenvalue weighted by Gasteiger charge is 2.16. The van der Waals surface area contributed by atoms with Crippen LogP contribution in [0.25, 0.3) is 11.1 Å².